The first-order chi connectivity index (χ1) is 4.59. The predicted molar refractivity (Wildman–Crippen MR) is 38.3 cm³/mol. The topological polar surface area (TPSA) is 89.3 Å². The first kappa shape index (κ1) is 9.55. The summed E-state index contributed by atoms with van der Waals surface area (Å²) in [5.41, 5.74) is 10.3. The van der Waals surface area contributed by atoms with Crippen LogP contribution in [0.3, 0.4) is 0 Å². The van der Waals surface area contributed by atoms with E-state index in [1.807, 2.05) is 0 Å². The van der Waals surface area contributed by atoms with Crippen molar-refractivity contribution >= 4 is 5.78 Å². The lowest BCUT2D eigenvalue weighted by Crippen LogP contribution is -2.37. The maximum Gasteiger partial charge on any atom is 0.177 e. The van der Waals surface area contributed by atoms with Crippen molar-refractivity contribution in [1.29, 1.82) is 0 Å². The summed E-state index contributed by atoms with van der Waals surface area (Å²) in [6, 6.07) is -0.596. The van der Waals surface area contributed by atoms with Crippen LogP contribution in [0.2, 0.25) is 0 Å². The third-order valence-corrected chi connectivity index (χ3v) is 1.22. The SMILES string of the molecule is CC(N)C(=O)C(O)CCN. The molecule has 0 aromatic heterocycles. The van der Waals surface area contributed by atoms with Crippen LogP contribution in [0, 0.1) is 0 Å². The fourth-order valence-corrected chi connectivity index (χ4v) is 0.604. The molecule has 0 saturated carbocycles. The Kier molecular flexibility index (Phi) is 4.18. The number of carbonyl (C=O) groups is 1. The molecule has 0 radical (unpaired) electrons. The van der Waals surface area contributed by atoms with Gasteiger partial charge in [-0.05, 0) is 19.9 Å². The van der Waals surface area contributed by atoms with Crippen LogP contribution in [0.5, 0.6) is 0 Å². The van der Waals surface area contributed by atoms with E-state index < -0.39 is 12.1 Å². The first-order valence-corrected chi connectivity index (χ1v) is 3.27. The molecule has 0 aliphatic rings. The van der Waals surface area contributed by atoms with E-state index in [1.165, 1.54) is 0 Å². The molecule has 0 spiro atoms. The molecule has 0 fully saturated rings. The fourth-order valence-electron chi connectivity index (χ4n) is 0.604. The van der Waals surface area contributed by atoms with E-state index in [4.69, 9.17) is 16.6 Å². The third-order valence-electron chi connectivity index (χ3n) is 1.22. The van der Waals surface area contributed by atoms with Crippen LogP contribution in [-0.2, 0) is 4.79 Å². The Bertz CT molecular complexity index is 114. The number of aliphatic hydroxyl groups excluding tert-OH is 1. The molecule has 0 bridgehead atoms. The van der Waals surface area contributed by atoms with E-state index in [1.54, 1.807) is 6.92 Å². The van der Waals surface area contributed by atoms with Crippen LogP contribution in [0.15, 0.2) is 0 Å². The number of hydrogen-bond donors (Lipinski definition) is 3. The highest BCUT2D eigenvalue weighted by Gasteiger charge is 2.16. The molecule has 0 aliphatic carbocycles. The lowest BCUT2D eigenvalue weighted by atomic mass is 10.1. The molecule has 0 amide bonds. The fraction of sp³-hybridized carbons (Fsp3) is 0.833. The molecule has 0 rings (SSSR count). The third kappa shape index (κ3) is 2.91. The molecule has 4 nitrogen and oxygen atoms in total. The number of rotatable bonds is 4. The zero-order valence-electron chi connectivity index (χ0n) is 6.08. The minimum Gasteiger partial charge on any atom is -0.385 e. The van der Waals surface area contributed by atoms with Gasteiger partial charge in [0.1, 0.15) is 6.10 Å². The van der Waals surface area contributed by atoms with Crippen LogP contribution in [-0.4, -0.2) is 29.6 Å². The van der Waals surface area contributed by atoms with Gasteiger partial charge in [0.25, 0.3) is 0 Å². The van der Waals surface area contributed by atoms with Gasteiger partial charge < -0.3 is 16.6 Å². The van der Waals surface area contributed by atoms with E-state index in [0.717, 1.165) is 0 Å². The molecule has 5 N–H and O–H groups in total. The van der Waals surface area contributed by atoms with Gasteiger partial charge in [0.15, 0.2) is 5.78 Å². The van der Waals surface area contributed by atoms with Gasteiger partial charge in [-0.2, -0.15) is 0 Å². The quantitative estimate of drug-likeness (QED) is 0.455. The number of carbonyl (C=O) groups excluding carboxylic acids is 1. The summed E-state index contributed by atoms with van der Waals surface area (Å²) in [7, 11) is 0. The molecule has 2 unspecified atom stereocenters. The summed E-state index contributed by atoms with van der Waals surface area (Å²) in [4.78, 5) is 10.8. The summed E-state index contributed by atoms with van der Waals surface area (Å²) in [5.74, 6) is -0.342. The molecule has 0 aliphatic heterocycles. The molecule has 2 atom stereocenters. The normalized spacial score (nSPS) is 16.4. The van der Waals surface area contributed by atoms with Gasteiger partial charge in [0.05, 0.1) is 6.04 Å². The average molecular weight is 146 g/mol. The van der Waals surface area contributed by atoms with Crippen molar-refractivity contribution < 1.29 is 9.90 Å². The summed E-state index contributed by atoms with van der Waals surface area (Å²) < 4.78 is 0. The number of hydrogen-bond acceptors (Lipinski definition) is 4. The molecule has 0 aromatic rings. The van der Waals surface area contributed by atoms with Crippen molar-refractivity contribution in [2.24, 2.45) is 11.5 Å². The summed E-state index contributed by atoms with van der Waals surface area (Å²) in [5, 5.41) is 8.98. The zero-order chi connectivity index (χ0) is 8.15. The second-order valence-electron chi connectivity index (χ2n) is 2.28. The second kappa shape index (κ2) is 4.38. The van der Waals surface area contributed by atoms with Crippen molar-refractivity contribution in [3.05, 3.63) is 0 Å². The van der Waals surface area contributed by atoms with Crippen molar-refractivity contribution in [2.75, 3.05) is 6.54 Å². The number of nitrogens with two attached hydrogens (primary N) is 2. The van der Waals surface area contributed by atoms with E-state index >= 15 is 0 Å². The van der Waals surface area contributed by atoms with Gasteiger partial charge in [-0.1, -0.05) is 0 Å². The Hall–Kier alpha value is -0.450. The number of aliphatic hydroxyl groups is 1. The van der Waals surface area contributed by atoms with E-state index in [0.29, 0.717) is 13.0 Å². The highest BCUT2D eigenvalue weighted by molar-refractivity contribution is 5.87. The Balaban J connectivity index is 3.71. The van der Waals surface area contributed by atoms with Crippen molar-refractivity contribution in [3.8, 4) is 0 Å². The average Bonchev–Trinajstić information content (AvgIpc) is 1.87. The van der Waals surface area contributed by atoms with Crippen LogP contribution in [0.1, 0.15) is 13.3 Å². The van der Waals surface area contributed by atoms with Crippen LogP contribution in [0.25, 0.3) is 0 Å². The van der Waals surface area contributed by atoms with Gasteiger partial charge in [-0.25, -0.2) is 0 Å². The molecule has 0 saturated heterocycles. The molecular weight excluding hydrogens is 132 g/mol. The highest BCUT2D eigenvalue weighted by Crippen LogP contribution is 1.93. The van der Waals surface area contributed by atoms with Gasteiger partial charge in [0.2, 0.25) is 0 Å². The smallest absolute Gasteiger partial charge is 0.177 e. The Morgan fingerprint density at radius 3 is 2.50 bits per heavy atom. The van der Waals surface area contributed by atoms with Crippen molar-refractivity contribution in [3.63, 3.8) is 0 Å². The summed E-state index contributed by atoms with van der Waals surface area (Å²) in [6.07, 6.45) is -0.689. The van der Waals surface area contributed by atoms with E-state index in [2.05, 4.69) is 0 Å². The Labute approximate surface area is 60.2 Å². The molecular formula is C6H14N2O2. The molecule has 4 heteroatoms. The maximum atomic E-state index is 10.8. The van der Waals surface area contributed by atoms with E-state index in [9.17, 15) is 4.79 Å². The minimum absolute atomic E-state index is 0.292. The highest BCUT2D eigenvalue weighted by atomic mass is 16.3. The van der Waals surface area contributed by atoms with Gasteiger partial charge in [0, 0.05) is 0 Å². The van der Waals surface area contributed by atoms with Crippen molar-refractivity contribution in [2.45, 2.75) is 25.5 Å². The molecule has 10 heavy (non-hydrogen) atoms. The summed E-state index contributed by atoms with van der Waals surface area (Å²) >= 11 is 0. The molecule has 0 heterocycles. The Morgan fingerprint density at radius 1 is 1.70 bits per heavy atom. The first-order valence-electron chi connectivity index (χ1n) is 3.27. The van der Waals surface area contributed by atoms with Gasteiger partial charge >= 0.3 is 0 Å². The molecule has 0 aromatic carbocycles. The van der Waals surface area contributed by atoms with Gasteiger partial charge in [-0.15, -0.1) is 0 Å². The van der Waals surface area contributed by atoms with Crippen LogP contribution < -0.4 is 11.5 Å². The van der Waals surface area contributed by atoms with Crippen molar-refractivity contribution in [1.82, 2.24) is 0 Å². The van der Waals surface area contributed by atoms with Crippen LogP contribution >= 0.6 is 0 Å². The van der Waals surface area contributed by atoms with Gasteiger partial charge in [-0.3, -0.25) is 4.79 Å². The lowest BCUT2D eigenvalue weighted by molar-refractivity contribution is -0.128. The minimum atomic E-state index is -0.981. The number of ketones is 1. The standard InChI is InChI=1S/C6H14N2O2/c1-4(8)6(10)5(9)2-3-7/h4-5,9H,2-3,7-8H2,1H3. The lowest BCUT2D eigenvalue weighted by Gasteiger charge is -2.09. The monoisotopic (exact) mass is 146 g/mol. The van der Waals surface area contributed by atoms with Crippen LogP contribution in [0.4, 0.5) is 0 Å². The molecule has 60 valence electrons. The largest absolute Gasteiger partial charge is 0.385 e. The second-order valence-corrected chi connectivity index (χ2v) is 2.28. The predicted octanol–water partition coefficient (Wildman–Crippen LogP) is -1.39. The zero-order valence-corrected chi connectivity index (χ0v) is 6.08. The summed E-state index contributed by atoms with van der Waals surface area (Å²) in [6.45, 7) is 1.85. The maximum absolute atomic E-state index is 10.8. The Morgan fingerprint density at radius 2 is 2.20 bits per heavy atom. The number of Topliss-reactive ketones (excluding diaryl/α,β-unsaturated/α-hetero) is 1. The van der Waals surface area contributed by atoms with E-state index in [-0.39, 0.29) is 5.78 Å².